The van der Waals surface area contributed by atoms with Gasteiger partial charge in [-0.3, -0.25) is 0 Å². The lowest BCUT2D eigenvalue weighted by Crippen LogP contribution is -2.51. The van der Waals surface area contributed by atoms with Crippen LogP contribution in [0.3, 0.4) is 0 Å². The van der Waals surface area contributed by atoms with E-state index in [2.05, 4.69) is 31.0 Å². The lowest BCUT2D eigenvalue weighted by Gasteiger charge is -2.40. The van der Waals surface area contributed by atoms with Crippen molar-refractivity contribution >= 4 is 0 Å². The molecule has 2 unspecified atom stereocenters. The maximum absolute atomic E-state index is 9.38. The highest BCUT2D eigenvalue weighted by Gasteiger charge is 2.38. The summed E-state index contributed by atoms with van der Waals surface area (Å²) in [6.45, 7) is 13.1. The fraction of sp³-hybridized carbons (Fsp3) is 1.00. The predicted molar refractivity (Wildman–Crippen MR) is 81.9 cm³/mol. The van der Waals surface area contributed by atoms with Crippen molar-refractivity contribution in [1.29, 1.82) is 0 Å². The molecular weight excluding hydrogens is 252 g/mol. The third kappa shape index (κ3) is 4.69. The highest BCUT2D eigenvalue weighted by Crippen LogP contribution is 2.31. The van der Waals surface area contributed by atoms with Crippen molar-refractivity contribution in [3.8, 4) is 0 Å². The molecule has 4 heteroatoms. The minimum absolute atomic E-state index is 0.158. The third-order valence-electron chi connectivity index (χ3n) is 4.60. The summed E-state index contributed by atoms with van der Waals surface area (Å²) in [7, 11) is 0. The fourth-order valence-corrected chi connectivity index (χ4v) is 3.34. The molecule has 2 atom stereocenters. The van der Waals surface area contributed by atoms with Crippen molar-refractivity contribution in [2.45, 2.75) is 45.6 Å². The predicted octanol–water partition coefficient (Wildman–Crippen LogP) is 1.49. The number of hydrogen-bond acceptors (Lipinski definition) is 4. The molecule has 2 N–H and O–H groups in total. The molecule has 20 heavy (non-hydrogen) atoms. The molecule has 2 aliphatic rings. The Hall–Kier alpha value is -0.160. The number of aliphatic hydroxyl groups excluding tert-OH is 1. The molecule has 2 fully saturated rings. The van der Waals surface area contributed by atoms with Crippen LogP contribution in [-0.2, 0) is 4.74 Å². The van der Waals surface area contributed by atoms with Crippen molar-refractivity contribution in [2.24, 2.45) is 11.3 Å². The van der Waals surface area contributed by atoms with E-state index in [0.717, 1.165) is 39.3 Å². The van der Waals surface area contributed by atoms with Crippen LogP contribution >= 0.6 is 0 Å². The number of rotatable bonds is 5. The third-order valence-corrected chi connectivity index (χ3v) is 4.60. The molecule has 4 nitrogen and oxygen atoms in total. The second kappa shape index (κ2) is 6.73. The first-order valence-corrected chi connectivity index (χ1v) is 8.08. The van der Waals surface area contributed by atoms with Crippen LogP contribution in [0.1, 0.15) is 40.0 Å². The average Bonchev–Trinajstić information content (AvgIpc) is 2.85. The highest BCUT2D eigenvalue weighted by atomic mass is 16.5. The van der Waals surface area contributed by atoms with Crippen molar-refractivity contribution in [2.75, 3.05) is 46.0 Å². The summed E-state index contributed by atoms with van der Waals surface area (Å²) in [6, 6.07) is 0. The van der Waals surface area contributed by atoms with Crippen molar-refractivity contribution in [3.63, 3.8) is 0 Å². The molecule has 2 aliphatic heterocycles. The van der Waals surface area contributed by atoms with E-state index in [9.17, 15) is 5.11 Å². The smallest absolute Gasteiger partial charge is 0.0547 e. The second-order valence-electron chi connectivity index (χ2n) is 7.83. The van der Waals surface area contributed by atoms with Gasteiger partial charge in [-0.15, -0.1) is 0 Å². The van der Waals surface area contributed by atoms with Crippen LogP contribution in [0.2, 0.25) is 0 Å². The summed E-state index contributed by atoms with van der Waals surface area (Å²) in [6.07, 6.45) is 3.54. The number of aliphatic hydroxyl groups is 1. The average molecular weight is 284 g/mol. The normalized spacial score (nSPS) is 32.7. The molecular formula is C16H32N2O2. The van der Waals surface area contributed by atoms with Crippen LogP contribution in [0.5, 0.6) is 0 Å². The van der Waals surface area contributed by atoms with E-state index in [1.54, 1.807) is 0 Å². The monoisotopic (exact) mass is 284 g/mol. The first-order chi connectivity index (χ1) is 9.42. The number of ether oxygens (including phenoxy) is 1. The molecule has 0 saturated carbocycles. The van der Waals surface area contributed by atoms with E-state index in [1.807, 2.05) is 0 Å². The zero-order valence-electron chi connectivity index (χ0n) is 13.5. The van der Waals surface area contributed by atoms with Crippen LogP contribution in [0, 0.1) is 11.3 Å². The number of piperidine rings is 1. The first kappa shape index (κ1) is 16.2. The Bertz CT molecular complexity index is 295. The van der Waals surface area contributed by atoms with Crippen LogP contribution in [0.4, 0.5) is 0 Å². The quantitative estimate of drug-likeness (QED) is 0.803. The maximum atomic E-state index is 9.38. The Morgan fingerprint density at radius 1 is 1.40 bits per heavy atom. The van der Waals surface area contributed by atoms with Gasteiger partial charge in [0.2, 0.25) is 0 Å². The van der Waals surface area contributed by atoms with Gasteiger partial charge in [-0.05, 0) is 52.5 Å². The van der Waals surface area contributed by atoms with E-state index in [0.29, 0.717) is 12.5 Å². The van der Waals surface area contributed by atoms with Gasteiger partial charge in [0.15, 0.2) is 0 Å². The molecule has 0 bridgehead atoms. The van der Waals surface area contributed by atoms with Gasteiger partial charge < -0.3 is 20.1 Å². The van der Waals surface area contributed by atoms with Gasteiger partial charge in [0.25, 0.3) is 0 Å². The van der Waals surface area contributed by atoms with Crippen LogP contribution < -0.4 is 5.32 Å². The second-order valence-corrected chi connectivity index (χ2v) is 7.83. The van der Waals surface area contributed by atoms with Gasteiger partial charge >= 0.3 is 0 Å². The summed E-state index contributed by atoms with van der Waals surface area (Å²) in [5.74, 6) is 0.471. The molecule has 0 aromatic carbocycles. The standard InChI is InChI=1S/C16H32N2O2/c1-15(2,3)17-11-16(6-8-20-13-16)12-18-7-4-5-14(9-18)10-19/h14,17,19H,4-13H2,1-3H3. The zero-order valence-corrected chi connectivity index (χ0v) is 13.5. The fourth-order valence-electron chi connectivity index (χ4n) is 3.34. The largest absolute Gasteiger partial charge is 0.396 e. The van der Waals surface area contributed by atoms with Crippen LogP contribution in [0.25, 0.3) is 0 Å². The van der Waals surface area contributed by atoms with E-state index in [1.165, 1.54) is 19.4 Å². The Kier molecular flexibility index (Phi) is 5.46. The van der Waals surface area contributed by atoms with Crippen LogP contribution in [0.15, 0.2) is 0 Å². The molecule has 0 aliphatic carbocycles. The molecule has 2 rings (SSSR count). The number of likely N-dealkylation sites (tertiary alicyclic amines) is 1. The lowest BCUT2D eigenvalue weighted by molar-refractivity contribution is 0.0636. The SMILES string of the molecule is CC(C)(C)NCC1(CN2CCCC(CO)C2)CCOC1. The zero-order chi connectivity index (χ0) is 14.6. The summed E-state index contributed by atoms with van der Waals surface area (Å²) in [5, 5.41) is 13.0. The van der Waals surface area contributed by atoms with Gasteiger partial charge in [0.05, 0.1) is 6.61 Å². The number of nitrogens with one attached hydrogen (secondary N) is 1. The Labute approximate surface area is 123 Å². The first-order valence-electron chi connectivity index (χ1n) is 8.08. The summed E-state index contributed by atoms with van der Waals surface area (Å²) < 4.78 is 5.70. The van der Waals surface area contributed by atoms with Gasteiger partial charge in [-0.1, -0.05) is 0 Å². The minimum Gasteiger partial charge on any atom is -0.396 e. The summed E-state index contributed by atoms with van der Waals surface area (Å²) in [4.78, 5) is 2.55. The topological polar surface area (TPSA) is 44.7 Å². The Balaban J connectivity index is 1.91. The van der Waals surface area contributed by atoms with E-state index < -0.39 is 0 Å². The van der Waals surface area contributed by atoms with Crippen molar-refractivity contribution in [1.82, 2.24) is 10.2 Å². The Morgan fingerprint density at radius 2 is 2.20 bits per heavy atom. The van der Waals surface area contributed by atoms with Gasteiger partial charge in [0.1, 0.15) is 0 Å². The van der Waals surface area contributed by atoms with Crippen molar-refractivity contribution < 1.29 is 9.84 Å². The molecule has 0 amide bonds. The lowest BCUT2D eigenvalue weighted by atomic mass is 9.84. The highest BCUT2D eigenvalue weighted by molar-refractivity contribution is 4.91. The molecule has 0 aromatic rings. The van der Waals surface area contributed by atoms with E-state index in [-0.39, 0.29) is 11.0 Å². The molecule has 2 heterocycles. The van der Waals surface area contributed by atoms with Gasteiger partial charge in [0, 0.05) is 43.8 Å². The maximum Gasteiger partial charge on any atom is 0.0547 e. The summed E-state index contributed by atoms with van der Waals surface area (Å²) in [5.41, 5.74) is 0.412. The van der Waals surface area contributed by atoms with E-state index in [4.69, 9.17) is 4.74 Å². The minimum atomic E-state index is 0.158. The van der Waals surface area contributed by atoms with Gasteiger partial charge in [-0.25, -0.2) is 0 Å². The van der Waals surface area contributed by atoms with Gasteiger partial charge in [-0.2, -0.15) is 0 Å². The molecule has 0 radical (unpaired) electrons. The molecule has 0 aromatic heterocycles. The molecule has 0 spiro atoms. The van der Waals surface area contributed by atoms with E-state index >= 15 is 0 Å². The number of nitrogens with zero attached hydrogens (tertiary/aromatic N) is 1. The van der Waals surface area contributed by atoms with Crippen LogP contribution in [-0.4, -0.2) is 61.5 Å². The Morgan fingerprint density at radius 3 is 2.80 bits per heavy atom. The summed E-state index contributed by atoms with van der Waals surface area (Å²) >= 11 is 0. The number of hydrogen-bond donors (Lipinski definition) is 2. The molecule has 118 valence electrons. The van der Waals surface area contributed by atoms with Crippen molar-refractivity contribution in [3.05, 3.63) is 0 Å². The molecule has 2 saturated heterocycles.